The number of cyclic esters (lactones) is 1. The number of carbonyl (C=O) groups excluding carboxylic acids is 7. The summed E-state index contributed by atoms with van der Waals surface area (Å²) in [6.07, 6.45) is 5.09. The Hall–Kier alpha value is -5.93. The van der Waals surface area contributed by atoms with Crippen molar-refractivity contribution in [3.63, 3.8) is 0 Å². The van der Waals surface area contributed by atoms with Gasteiger partial charge in [0.1, 0.15) is 18.2 Å². The zero-order valence-corrected chi connectivity index (χ0v) is 35.7. The highest BCUT2D eigenvalue weighted by Gasteiger charge is 2.51. The summed E-state index contributed by atoms with van der Waals surface area (Å²) >= 11 is 0. The number of hydrogen-bond donors (Lipinski definition) is 5. The van der Waals surface area contributed by atoms with E-state index in [2.05, 4.69) is 16.0 Å². The van der Waals surface area contributed by atoms with E-state index in [4.69, 9.17) is 15.5 Å². The first kappa shape index (κ1) is 45.1. The van der Waals surface area contributed by atoms with Gasteiger partial charge < -0.3 is 31.5 Å². The molecule has 4 atom stereocenters. The molecular weight excluding hydrogens is 810 g/mol. The molecule has 0 saturated carbocycles. The zero-order chi connectivity index (χ0) is 45.0. The summed E-state index contributed by atoms with van der Waals surface area (Å²) in [6, 6.07) is 9.31. The molecule has 0 saturated heterocycles. The summed E-state index contributed by atoms with van der Waals surface area (Å²) in [5.74, 6) is -3.54. The molecule has 4 aliphatic rings. The molecule has 7 rings (SSSR count). The number of nitrogens with two attached hydrogens (primary N) is 1. The van der Waals surface area contributed by atoms with Crippen LogP contribution in [0.2, 0.25) is 0 Å². The normalized spacial score (nSPS) is 20.2. The Morgan fingerprint density at radius 3 is 2.49 bits per heavy atom. The lowest BCUT2D eigenvalue weighted by atomic mass is 9.75. The molecule has 63 heavy (non-hydrogen) atoms. The van der Waals surface area contributed by atoms with Crippen molar-refractivity contribution in [3.05, 3.63) is 92.9 Å². The number of aromatic nitrogens is 1. The third kappa shape index (κ3) is 9.40. The molecule has 15 heteroatoms. The number of aliphatic hydroxyl groups is 1. The van der Waals surface area contributed by atoms with Gasteiger partial charge in [-0.2, -0.15) is 0 Å². The van der Waals surface area contributed by atoms with Crippen molar-refractivity contribution < 1.29 is 47.8 Å². The van der Waals surface area contributed by atoms with E-state index >= 15 is 4.39 Å². The molecule has 3 amide bonds. The number of Topliss-reactive ketones (excluding diaryl/α,β-unsaturated/α-hetero) is 3. The SMILES string of the molecule is CC[C@@]1(O)C(=O)OCC2=C1C=C1c3nc4cc(F)c(C)c5c4c(c3CC1C2=O)[C@@H](NC(=O)CCCCCNC(=O)CCC(=O)[C@H](Cc1ccccc1)NC(=O)CCC(=O)CN)CC5. The summed E-state index contributed by atoms with van der Waals surface area (Å²) < 4.78 is 20.6. The van der Waals surface area contributed by atoms with Crippen LogP contribution in [0.25, 0.3) is 16.5 Å². The second-order valence-corrected chi connectivity index (χ2v) is 16.9. The number of unbranched alkanes of at least 4 members (excludes halogenated alkanes) is 2. The number of carbonyl (C=O) groups is 7. The summed E-state index contributed by atoms with van der Waals surface area (Å²) in [6.45, 7) is 3.34. The predicted octanol–water partition coefficient (Wildman–Crippen LogP) is 3.98. The number of hydrogen-bond acceptors (Lipinski definition) is 11. The quantitative estimate of drug-likeness (QED) is 0.0857. The molecule has 0 radical (unpaired) electrons. The van der Waals surface area contributed by atoms with Crippen LogP contribution in [-0.4, -0.2) is 82.5 Å². The van der Waals surface area contributed by atoms with Gasteiger partial charge in [0.15, 0.2) is 17.2 Å². The third-order valence-corrected chi connectivity index (χ3v) is 12.9. The van der Waals surface area contributed by atoms with E-state index in [-0.39, 0.29) is 98.4 Å². The van der Waals surface area contributed by atoms with Gasteiger partial charge >= 0.3 is 5.97 Å². The van der Waals surface area contributed by atoms with Crippen molar-refractivity contribution in [1.82, 2.24) is 20.9 Å². The minimum atomic E-state index is -1.97. The Morgan fingerprint density at radius 2 is 1.75 bits per heavy atom. The lowest BCUT2D eigenvalue weighted by Gasteiger charge is -2.35. The van der Waals surface area contributed by atoms with E-state index in [0.717, 1.165) is 27.6 Å². The van der Waals surface area contributed by atoms with Crippen molar-refractivity contribution >= 4 is 57.5 Å². The molecule has 0 bridgehead atoms. The van der Waals surface area contributed by atoms with E-state index in [9.17, 15) is 38.7 Å². The fraction of sp³-hybridized carbons (Fsp3) is 0.458. The van der Waals surface area contributed by atoms with Gasteiger partial charge in [0.25, 0.3) is 0 Å². The number of benzene rings is 2. The minimum absolute atomic E-state index is 0.0112. The molecule has 6 N–H and O–H groups in total. The fourth-order valence-electron chi connectivity index (χ4n) is 9.35. The largest absolute Gasteiger partial charge is 0.458 e. The zero-order valence-electron chi connectivity index (χ0n) is 35.7. The highest BCUT2D eigenvalue weighted by atomic mass is 19.1. The summed E-state index contributed by atoms with van der Waals surface area (Å²) in [5.41, 5.74) is 9.14. The monoisotopic (exact) mass is 863 g/mol. The van der Waals surface area contributed by atoms with Gasteiger partial charge in [-0.05, 0) is 91.3 Å². The van der Waals surface area contributed by atoms with Crippen molar-refractivity contribution in [3.8, 4) is 0 Å². The number of esters is 1. The summed E-state index contributed by atoms with van der Waals surface area (Å²) in [7, 11) is 0. The Balaban J connectivity index is 0.936. The van der Waals surface area contributed by atoms with Gasteiger partial charge in [-0.15, -0.1) is 0 Å². The minimum Gasteiger partial charge on any atom is -0.458 e. The lowest BCUT2D eigenvalue weighted by molar-refractivity contribution is -0.163. The molecule has 2 aromatic carbocycles. The molecule has 3 aromatic rings. The maximum absolute atomic E-state index is 15.3. The highest BCUT2D eigenvalue weighted by Crippen LogP contribution is 2.50. The average molecular weight is 864 g/mol. The highest BCUT2D eigenvalue weighted by molar-refractivity contribution is 6.12. The molecule has 1 aliphatic heterocycles. The number of ether oxygens (including phenoxy) is 1. The standard InChI is InChI=1S/C48H54FN5O9/c1-3-48(62)34-22-30-31(46(60)33(34)25-63-47(48)61)21-32-44-36(15-14-29-26(2)35(49)23-38(43(29)44)54-45(30)32)52-41(58)12-8-5-9-19-51-40(57)18-16-39(56)37(20-27-10-6-4-7-11-27)53-42(59)17-13-28(55)24-50/h4,6-7,10-11,22-23,31,36-37,62H,3,5,8-9,12-21,24-25,50H2,1-2H3,(H,51,57)(H,52,58)(H,53,59)/t31?,36-,37-,48-/m0/s1. The van der Waals surface area contributed by atoms with Gasteiger partial charge in [0.05, 0.1) is 35.8 Å². The molecule has 0 fully saturated rings. The second-order valence-electron chi connectivity index (χ2n) is 16.9. The van der Waals surface area contributed by atoms with Crippen molar-refractivity contribution in [2.24, 2.45) is 11.7 Å². The van der Waals surface area contributed by atoms with E-state index < -0.39 is 41.3 Å². The van der Waals surface area contributed by atoms with Gasteiger partial charge in [-0.3, -0.25) is 28.8 Å². The molecular formula is C48H54FN5O9. The van der Waals surface area contributed by atoms with E-state index in [1.54, 1.807) is 19.9 Å². The maximum atomic E-state index is 15.3. The Morgan fingerprint density at radius 1 is 0.984 bits per heavy atom. The number of aryl methyl sites for hydroxylation is 1. The molecule has 14 nitrogen and oxygen atoms in total. The van der Waals surface area contributed by atoms with Crippen molar-refractivity contribution in [1.29, 1.82) is 0 Å². The fourth-order valence-corrected chi connectivity index (χ4v) is 9.35. The van der Waals surface area contributed by atoms with Crippen LogP contribution in [0.1, 0.15) is 111 Å². The Bertz CT molecular complexity index is 2450. The lowest BCUT2D eigenvalue weighted by Crippen LogP contribution is -2.48. The number of nitrogens with zero attached hydrogens (tertiary/aromatic N) is 1. The molecule has 0 spiro atoms. The number of fused-ring (bicyclic) bond motifs is 4. The number of ketones is 3. The first-order valence-electron chi connectivity index (χ1n) is 21.9. The molecule has 332 valence electrons. The number of pyridine rings is 1. The van der Waals surface area contributed by atoms with E-state index in [1.807, 2.05) is 30.3 Å². The van der Waals surface area contributed by atoms with Gasteiger partial charge in [-0.25, -0.2) is 14.2 Å². The summed E-state index contributed by atoms with van der Waals surface area (Å²) in [4.78, 5) is 95.1. The number of amides is 3. The number of halogens is 1. The second kappa shape index (κ2) is 19.2. The molecule has 3 aliphatic carbocycles. The Kier molecular flexibility index (Phi) is 13.8. The smallest absolute Gasteiger partial charge is 0.343 e. The predicted molar refractivity (Wildman–Crippen MR) is 230 cm³/mol. The van der Waals surface area contributed by atoms with Crippen molar-refractivity contribution in [2.45, 2.75) is 115 Å². The first-order chi connectivity index (χ1) is 30.2. The number of nitrogens with one attached hydrogen (secondary N) is 3. The molecule has 1 unspecified atom stereocenters. The van der Waals surface area contributed by atoms with Crippen LogP contribution in [-0.2, 0) is 57.6 Å². The molecule has 1 aromatic heterocycles. The topological polar surface area (TPSA) is 224 Å². The maximum Gasteiger partial charge on any atom is 0.343 e. The van der Waals surface area contributed by atoms with Gasteiger partial charge in [0, 0.05) is 61.2 Å². The average Bonchev–Trinajstić information content (AvgIpc) is 3.65. The van der Waals surface area contributed by atoms with E-state index in [1.165, 1.54) is 6.07 Å². The van der Waals surface area contributed by atoms with Crippen LogP contribution in [0, 0.1) is 18.7 Å². The first-order valence-corrected chi connectivity index (χ1v) is 21.9. The number of rotatable bonds is 19. The van der Waals surface area contributed by atoms with E-state index in [0.29, 0.717) is 67.4 Å². The molecule has 2 heterocycles. The Labute approximate surface area is 364 Å². The van der Waals surface area contributed by atoms with Crippen LogP contribution in [0.5, 0.6) is 0 Å². The third-order valence-electron chi connectivity index (χ3n) is 12.9. The number of allylic oxidation sites excluding steroid dienone is 1. The van der Waals surface area contributed by atoms with Gasteiger partial charge in [0.2, 0.25) is 17.7 Å². The summed E-state index contributed by atoms with van der Waals surface area (Å²) in [5, 5.41) is 20.9. The van der Waals surface area contributed by atoms with Crippen LogP contribution in [0.3, 0.4) is 0 Å². The van der Waals surface area contributed by atoms with Crippen LogP contribution in [0.15, 0.2) is 53.6 Å². The van der Waals surface area contributed by atoms with Crippen LogP contribution < -0.4 is 21.7 Å². The van der Waals surface area contributed by atoms with Crippen molar-refractivity contribution in [2.75, 3.05) is 19.7 Å². The van der Waals surface area contributed by atoms with Crippen LogP contribution in [0.4, 0.5) is 4.39 Å². The van der Waals surface area contributed by atoms with Crippen LogP contribution >= 0.6 is 0 Å². The van der Waals surface area contributed by atoms with Gasteiger partial charge in [-0.1, -0.05) is 43.7 Å².